The first-order valence-corrected chi connectivity index (χ1v) is 10.0. The molecule has 0 aliphatic carbocycles. The SMILES string of the molecule is COCCNC(=O)CNC(=O)[C@@H]1c2ccccc2C(=O)N(C)[C@H]1c1ccc(OC)cc1. The van der Waals surface area contributed by atoms with Crippen LogP contribution < -0.4 is 15.4 Å². The van der Waals surface area contributed by atoms with Gasteiger partial charge in [-0.05, 0) is 29.3 Å². The van der Waals surface area contributed by atoms with Gasteiger partial charge in [0.15, 0.2) is 0 Å². The molecular weight excluding hydrogens is 398 g/mol. The van der Waals surface area contributed by atoms with E-state index in [0.29, 0.717) is 30.0 Å². The van der Waals surface area contributed by atoms with E-state index in [9.17, 15) is 14.4 Å². The van der Waals surface area contributed by atoms with Gasteiger partial charge in [0.1, 0.15) is 5.75 Å². The van der Waals surface area contributed by atoms with E-state index in [1.807, 2.05) is 12.1 Å². The fourth-order valence-electron chi connectivity index (χ4n) is 3.81. The average Bonchev–Trinajstić information content (AvgIpc) is 2.80. The molecule has 1 heterocycles. The van der Waals surface area contributed by atoms with Crippen LogP contribution in [0.3, 0.4) is 0 Å². The predicted molar refractivity (Wildman–Crippen MR) is 115 cm³/mol. The zero-order chi connectivity index (χ0) is 22.4. The Morgan fingerprint density at radius 2 is 1.74 bits per heavy atom. The van der Waals surface area contributed by atoms with Gasteiger partial charge in [-0.1, -0.05) is 30.3 Å². The van der Waals surface area contributed by atoms with Crippen LogP contribution in [-0.2, 0) is 14.3 Å². The predicted octanol–water partition coefficient (Wildman–Crippen LogP) is 1.48. The van der Waals surface area contributed by atoms with Gasteiger partial charge in [0, 0.05) is 26.3 Å². The number of carbonyl (C=O) groups is 3. The highest BCUT2D eigenvalue weighted by Gasteiger charge is 2.42. The van der Waals surface area contributed by atoms with Gasteiger partial charge in [-0.25, -0.2) is 0 Å². The van der Waals surface area contributed by atoms with Crippen molar-refractivity contribution >= 4 is 17.7 Å². The molecule has 2 atom stereocenters. The van der Waals surface area contributed by atoms with Gasteiger partial charge in [-0.2, -0.15) is 0 Å². The molecule has 0 spiro atoms. The van der Waals surface area contributed by atoms with Gasteiger partial charge >= 0.3 is 0 Å². The van der Waals surface area contributed by atoms with Crippen LogP contribution in [0.4, 0.5) is 0 Å². The van der Waals surface area contributed by atoms with E-state index < -0.39 is 12.0 Å². The van der Waals surface area contributed by atoms with E-state index in [1.54, 1.807) is 62.6 Å². The quantitative estimate of drug-likeness (QED) is 0.625. The number of fused-ring (bicyclic) bond motifs is 1. The first kappa shape index (κ1) is 22.3. The fraction of sp³-hybridized carbons (Fsp3) is 0.348. The minimum Gasteiger partial charge on any atom is -0.497 e. The standard InChI is InChI=1S/C23H27N3O5/c1-26-21(15-8-10-16(31-3)11-9-15)20(17-6-4-5-7-18(17)23(26)29)22(28)25-14-19(27)24-12-13-30-2/h4-11,20-21H,12-14H2,1-3H3,(H,24,27)(H,25,28)/t20-,21+/m1/s1. The summed E-state index contributed by atoms with van der Waals surface area (Å²) in [6.45, 7) is 0.597. The van der Waals surface area contributed by atoms with Crippen LogP contribution in [0, 0.1) is 0 Å². The number of benzene rings is 2. The minimum atomic E-state index is -0.668. The van der Waals surface area contributed by atoms with Crippen LogP contribution in [0.1, 0.15) is 33.4 Å². The highest BCUT2D eigenvalue weighted by atomic mass is 16.5. The Labute approximate surface area is 181 Å². The van der Waals surface area contributed by atoms with Gasteiger partial charge in [-0.3, -0.25) is 14.4 Å². The van der Waals surface area contributed by atoms with Crippen LogP contribution in [0.25, 0.3) is 0 Å². The maximum absolute atomic E-state index is 13.3. The molecule has 0 saturated heterocycles. The minimum absolute atomic E-state index is 0.155. The highest BCUT2D eigenvalue weighted by Crippen LogP contribution is 2.42. The van der Waals surface area contributed by atoms with E-state index in [2.05, 4.69) is 10.6 Å². The van der Waals surface area contributed by atoms with Crippen LogP contribution in [0.5, 0.6) is 5.75 Å². The molecule has 3 rings (SSSR count). The van der Waals surface area contributed by atoms with Crippen LogP contribution in [0.2, 0.25) is 0 Å². The molecule has 0 saturated carbocycles. The van der Waals surface area contributed by atoms with Crippen molar-refractivity contribution in [2.75, 3.05) is 41.0 Å². The molecule has 0 unspecified atom stereocenters. The first-order chi connectivity index (χ1) is 15.0. The Morgan fingerprint density at radius 3 is 2.42 bits per heavy atom. The van der Waals surface area contributed by atoms with Crippen molar-refractivity contribution in [3.05, 3.63) is 65.2 Å². The molecule has 31 heavy (non-hydrogen) atoms. The summed E-state index contributed by atoms with van der Waals surface area (Å²) in [5, 5.41) is 5.40. The summed E-state index contributed by atoms with van der Waals surface area (Å²) in [5.41, 5.74) is 1.93. The second-order valence-electron chi connectivity index (χ2n) is 7.26. The number of likely N-dealkylation sites (N-methyl/N-ethyl adjacent to an activating group) is 1. The third kappa shape index (κ3) is 4.86. The molecule has 0 radical (unpaired) electrons. The van der Waals surface area contributed by atoms with Gasteiger partial charge in [-0.15, -0.1) is 0 Å². The van der Waals surface area contributed by atoms with Gasteiger partial charge < -0.3 is 25.0 Å². The summed E-state index contributed by atoms with van der Waals surface area (Å²) in [6, 6.07) is 13.9. The largest absolute Gasteiger partial charge is 0.497 e. The molecule has 0 aromatic heterocycles. The Morgan fingerprint density at radius 1 is 1.03 bits per heavy atom. The van der Waals surface area contributed by atoms with Gasteiger partial charge in [0.2, 0.25) is 11.8 Å². The molecule has 2 N–H and O–H groups in total. The van der Waals surface area contributed by atoms with E-state index in [4.69, 9.17) is 9.47 Å². The smallest absolute Gasteiger partial charge is 0.254 e. The number of carbonyl (C=O) groups excluding carboxylic acids is 3. The van der Waals surface area contributed by atoms with E-state index in [1.165, 1.54) is 0 Å². The van der Waals surface area contributed by atoms with Gasteiger partial charge in [0.25, 0.3) is 5.91 Å². The van der Waals surface area contributed by atoms with Crippen LogP contribution in [0.15, 0.2) is 48.5 Å². The molecular formula is C23H27N3O5. The third-order valence-corrected chi connectivity index (χ3v) is 5.37. The molecule has 164 valence electrons. The maximum atomic E-state index is 13.3. The monoisotopic (exact) mass is 425 g/mol. The number of ether oxygens (including phenoxy) is 2. The lowest BCUT2D eigenvalue weighted by molar-refractivity contribution is -0.128. The lowest BCUT2D eigenvalue weighted by atomic mass is 9.79. The average molecular weight is 425 g/mol. The Bertz CT molecular complexity index is 944. The Balaban J connectivity index is 1.89. The van der Waals surface area contributed by atoms with Gasteiger partial charge in [0.05, 0.1) is 32.2 Å². The molecule has 1 aliphatic rings. The molecule has 3 amide bonds. The van der Waals surface area contributed by atoms with Crippen LogP contribution >= 0.6 is 0 Å². The van der Waals surface area contributed by atoms with Crippen molar-refractivity contribution in [1.82, 2.24) is 15.5 Å². The third-order valence-electron chi connectivity index (χ3n) is 5.37. The fourth-order valence-corrected chi connectivity index (χ4v) is 3.81. The summed E-state index contributed by atoms with van der Waals surface area (Å²) in [7, 11) is 4.81. The topological polar surface area (TPSA) is 97.0 Å². The lowest BCUT2D eigenvalue weighted by Crippen LogP contribution is -2.47. The van der Waals surface area contributed by atoms with E-state index in [-0.39, 0.29) is 24.3 Å². The highest BCUT2D eigenvalue weighted by molar-refractivity contribution is 6.01. The normalized spacial score (nSPS) is 17.6. The second kappa shape index (κ2) is 10.1. The van der Waals surface area contributed by atoms with Crippen molar-refractivity contribution in [1.29, 1.82) is 0 Å². The molecule has 2 aromatic rings. The molecule has 8 heteroatoms. The number of rotatable bonds is 8. The summed E-state index contributed by atoms with van der Waals surface area (Å²) < 4.78 is 10.1. The van der Waals surface area contributed by atoms with Crippen LogP contribution in [-0.4, -0.2) is 63.6 Å². The summed E-state index contributed by atoms with van der Waals surface area (Å²) in [6.07, 6.45) is 0. The molecule has 0 fully saturated rings. The van der Waals surface area contributed by atoms with Crippen molar-refractivity contribution < 1.29 is 23.9 Å². The number of nitrogens with one attached hydrogen (secondary N) is 2. The van der Waals surface area contributed by atoms with Crippen molar-refractivity contribution in [2.24, 2.45) is 0 Å². The number of hydrogen-bond acceptors (Lipinski definition) is 5. The molecule has 0 bridgehead atoms. The van der Waals surface area contributed by atoms with Crippen molar-refractivity contribution in [3.63, 3.8) is 0 Å². The maximum Gasteiger partial charge on any atom is 0.254 e. The zero-order valence-electron chi connectivity index (χ0n) is 17.9. The number of hydrogen-bond donors (Lipinski definition) is 2. The summed E-state index contributed by atoms with van der Waals surface area (Å²) in [5.74, 6) is -0.769. The second-order valence-corrected chi connectivity index (χ2v) is 7.26. The molecule has 8 nitrogen and oxygen atoms in total. The summed E-state index contributed by atoms with van der Waals surface area (Å²) in [4.78, 5) is 39.9. The first-order valence-electron chi connectivity index (χ1n) is 10.0. The van der Waals surface area contributed by atoms with E-state index >= 15 is 0 Å². The Hall–Kier alpha value is -3.39. The van der Waals surface area contributed by atoms with E-state index in [0.717, 1.165) is 5.56 Å². The number of nitrogens with zero attached hydrogens (tertiary/aromatic N) is 1. The molecule has 2 aromatic carbocycles. The Kier molecular flexibility index (Phi) is 7.25. The van der Waals surface area contributed by atoms with Crippen molar-refractivity contribution in [2.45, 2.75) is 12.0 Å². The number of methoxy groups -OCH3 is 2. The zero-order valence-corrected chi connectivity index (χ0v) is 17.9. The molecule has 1 aliphatic heterocycles. The lowest BCUT2D eigenvalue weighted by Gasteiger charge is -2.39. The van der Waals surface area contributed by atoms with Crippen molar-refractivity contribution in [3.8, 4) is 5.75 Å². The summed E-state index contributed by atoms with van der Waals surface area (Å²) >= 11 is 0. The number of amides is 3.